The maximum absolute atomic E-state index is 13.4. The van der Waals surface area contributed by atoms with E-state index in [0.717, 1.165) is 5.56 Å². The monoisotopic (exact) mass is 284 g/mol. The summed E-state index contributed by atoms with van der Waals surface area (Å²) in [6.45, 7) is 0.392. The molecule has 0 aromatic heterocycles. The second-order valence-electron chi connectivity index (χ2n) is 4.05. The number of nitrogens with one attached hydrogen (secondary N) is 2. The maximum atomic E-state index is 13.4. The van der Waals surface area contributed by atoms with E-state index in [-0.39, 0.29) is 18.7 Å². The number of halogens is 1. The van der Waals surface area contributed by atoms with Gasteiger partial charge in [0.1, 0.15) is 0 Å². The average Bonchev–Trinajstić information content (AvgIpc) is 2.38. The van der Waals surface area contributed by atoms with Crippen LogP contribution in [0.25, 0.3) is 0 Å². The molecule has 0 aliphatic carbocycles. The van der Waals surface area contributed by atoms with Gasteiger partial charge < -0.3 is 20.5 Å². The zero-order chi connectivity index (χ0) is 15.0. The number of carbonyl (C=O) groups excluding carboxylic acids is 1. The van der Waals surface area contributed by atoms with Gasteiger partial charge in [-0.1, -0.05) is 6.07 Å². The molecule has 0 atom stereocenters. The van der Waals surface area contributed by atoms with Crippen LogP contribution in [0.1, 0.15) is 12.0 Å². The molecule has 1 rings (SSSR count). The Hall–Kier alpha value is -2.31. The van der Waals surface area contributed by atoms with Crippen molar-refractivity contribution in [3.8, 4) is 5.75 Å². The van der Waals surface area contributed by atoms with E-state index in [4.69, 9.17) is 9.84 Å². The Labute approximate surface area is 115 Å². The summed E-state index contributed by atoms with van der Waals surface area (Å²) in [6, 6.07) is 4.15. The van der Waals surface area contributed by atoms with Crippen LogP contribution in [-0.2, 0) is 11.2 Å². The summed E-state index contributed by atoms with van der Waals surface area (Å²) >= 11 is 0. The molecule has 7 heteroatoms. The van der Waals surface area contributed by atoms with Crippen LogP contribution < -0.4 is 15.4 Å². The van der Waals surface area contributed by atoms with Gasteiger partial charge in [-0.05, 0) is 24.1 Å². The Kier molecular flexibility index (Phi) is 6.28. The minimum Gasteiger partial charge on any atom is -0.494 e. The minimum atomic E-state index is -0.973. The summed E-state index contributed by atoms with van der Waals surface area (Å²) in [5, 5.41) is 13.4. The zero-order valence-electron chi connectivity index (χ0n) is 11.1. The first-order valence-corrected chi connectivity index (χ1v) is 6.09. The molecule has 110 valence electrons. The molecule has 0 radical (unpaired) electrons. The molecule has 1 aromatic rings. The van der Waals surface area contributed by atoms with Crippen molar-refractivity contribution in [2.24, 2.45) is 0 Å². The van der Waals surface area contributed by atoms with E-state index < -0.39 is 17.8 Å². The number of ether oxygens (including phenoxy) is 1. The number of carbonyl (C=O) groups is 2. The lowest BCUT2D eigenvalue weighted by atomic mass is 10.1. The number of methoxy groups -OCH3 is 1. The Balaban J connectivity index is 2.28. The number of benzene rings is 1. The Morgan fingerprint density at radius 1 is 1.30 bits per heavy atom. The molecule has 3 N–H and O–H groups in total. The van der Waals surface area contributed by atoms with Crippen molar-refractivity contribution in [1.29, 1.82) is 0 Å². The molecule has 0 fully saturated rings. The molecular weight excluding hydrogens is 267 g/mol. The van der Waals surface area contributed by atoms with Crippen molar-refractivity contribution in [2.45, 2.75) is 12.8 Å². The summed E-state index contributed by atoms with van der Waals surface area (Å²) in [5.74, 6) is -1.25. The van der Waals surface area contributed by atoms with E-state index in [1.54, 1.807) is 6.07 Å². The highest BCUT2D eigenvalue weighted by Gasteiger charge is 2.05. The van der Waals surface area contributed by atoms with Crippen LogP contribution in [0.5, 0.6) is 5.75 Å². The fourth-order valence-corrected chi connectivity index (χ4v) is 1.53. The molecule has 0 aliphatic rings. The van der Waals surface area contributed by atoms with Crippen molar-refractivity contribution in [1.82, 2.24) is 10.6 Å². The van der Waals surface area contributed by atoms with Gasteiger partial charge >= 0.3 is 12.0 Å². The highest BCUT2D eigenvalue weighted by atomic mass is 19.1. The van der Waals surface area contributed by atoms with E-state index in [1.807, 2.05) is 0 Å². The van der Waals surface area contributed by atoms with Crippen LogP contribution >= 0.6 is 0 Å². The number of aliphatic carboxylic acids is 1. The first-order valence-electron chi connectivity index (χ1n) is 6.09. The fourth-order valence-electron chi connectivity index (χ4n) is 1.53. The highest BCUT2D eigenvalue weighted by Crippen LogP contribution is 2.17. The van der Waals surface area contributed by atoms with Gasteiger partial charge in [-0.3, -0.25) is 4.79 Å². The van der Waals surface area contributed by atoms with Gasteiger partial charge in [0.25, 0.3) is 0 Å². The van der Waals surface area contributed by atoms with Crippen molar-refractivity contribution >= 4 is 12.0 Å². The fraction of sp³-hybridized carbons (Fsp3) is 0.385. The lowest BCUT2D eigenvalue weighted by molar-refractivity contribution is -0.136. The zero-order valence-corrected chi connectivity index (χ0v) is 11.1. The SMILES string of the molecule is COc1ccc(CCNC(=O)NCCC(=O)O)cc1F. The molecule has 20 heavy (non-hydrogen) atoms. The molecule has 0 saturated carbocycles. The summed E-state index contributed by atoms with van der Waals surface area (Å²) in [7, 11) is 1.39. The molecule has 0 unspecified atom stereocenters. The molecule has 0 aliphatic heterocycles. The van der Waals surface area contributed by atoms with E-state index in [1.165, 1.54) is 19.2 Å². The van der Waals surface area contributed by atoms with Crippen LogP contribution in [0.3, 0.4) is 0 Å². The van der Waals surface area contributed by atoms with Crippen LogP contribution in [0, 0.1) is 5.82 Å². The molecule has 0 spiro atoms. The summed E-state index contributed by atoms with van der Waals surface area (Å²) in [4.78, 5) is 21.5. The topological polar surface area (TPSA) is 87.7 Å². The Bertz CT molecular complexity index is 479. The normalized spacial score (nSPS) is 9.90. The number of rotatable bonds is 7. The van der Waals surface area contributed by atoms with Gasteiger partial charge in [0.2, 0.25) is 0 Å². The van der Waals surface area contributed by atoms with Gasteiger partial charge in [-0.15, -0.1) is 0 Å². The third-order valence-corrected chi connectivity index (χ3v) is 2.54. The summed E-state index contributed by atoms with van der Waals surface area (Å²) < 4.78 is 18.2. The van der Waals surface area contributed by atoms with Crippen LogP contribution in [-0.4, -0.2) is 37.3 Å². The number of hydrogen-bond donors (Lipinski definition) is 3. The van der Waals surface area contributed by atoms with Crippen molar-refractivity contribution < 1.29 is 23.8 Å². The Morgan fingerprint density at radius 3 is 2.60 bits per heavy atom. The molecule has 1 aromatic carbocycles. The van der Waals surface area contributed by atoms with Gasteiger partial charge in [0.15, 0.2) is 11.6 Å². The molecule has 0 heterocycles. The van der Waals surface area contributed by atoms with Gasteiger partial charge in [0, 0.05) is 13.1 Å². The third kappa shape index (κ3) is 5.55. The van der Waals surface area contributed by atoms with E-state index in [2.05, 4.69) is 10.6 Å². The lowest BCUT2D eigenvalue weighted by Crippen LogP contribution is -2.37. The van der Waals surface area contributed by atoms with Gasteiger partial charge in [-0.2, -0.15) is 0 Å². The van der Waals surface area contributed by atoms with E-state index in [0.29, 0.717) is 13.0 Å². The predicted molar refractivity (Wildman–Crippen MR) is 70.3 cm³/mol. The second-order valence-corrected chi connectivity index (χ2v) is 4.05. The predicted octanol–water partition coefficient (Wildman–Crippen LogP) is 1.15. The second kappa shape index (κ2) is 7.98. The molecule has 6 nitrogen and oxygen atoms in total. The third-order valence-electron chi connectivity index (χ3n) is 2.54. The van der Waals surface area contributed by atoms with E-state index >= 15 is 0 Å². The number of amides is 2. The Morgan fingerprint density at radius 2 is 2.00 bits per heavy atom. The number of carboxylic acids is 1. The van der Waals surface area contributed by atoms with E-state index in [9.17, 15) is 14.0 Å². The van der Waals surface area contributed by atoms with Gasteiger partial charge in [0.05, 0.1) is 13.5 Å². The first kappa shape index (κ1) is 15.7. The highest BCUT2D eigenvalue weighted by molar-refractivity contribution is 5.74. The van der Waals surface area contributed by atoms with Crippen LogP contribution in [0.15, 0.2) is 18.2 Å². The number of urea groups is 1. The average molecular weight is 284 g/mol. The quantitative estimate of drug-likeness (QED) is 0.701. The summed E-state index contributed by atoms with van der Waals surface area (Å²) in [5.41, 5.74) is 0.731. The number of hydrogen-bond acceptors (Lipinski definition) is 3. The van der Waals surface area contributed by atoms with Gasteiger partial charge in [-0.25, -0.2) is 9.18 Å². The minimum absolute atomic E-state index is 0.0678. The van der Waals surface area contributed by atoms with Crippen molar-refractivity contribution in [3.63, 3.8) is 0 Å². The number of carboxylic acid groups (broad SMARTS) is 1. The summed E-state index contributed by atoms with van der Waals surface area (Å²) in [6.07, 6.45) is 0.338. The van der Waals surface area contributed by atoms with Crippen LogP contribution in [0.2, 0.25) is 0 Å². The van der Waals surface area contributed by atoms with Crippen LogP contribution in [0.4, 0.5) is 9.18 Å². The molecule has 0 bridgehead atoms. The maximum Gasteiger partial charge on any atom is 0.314 e. The molecule has 2 amide bonds. The largest absolute Gasteiger partial charge is 0.494 e. The van der Waals surface area contributed by atoms with Crippen molar-refractivity contribution in [3.05, 3.63) is 29.6 Å². The standard InChI is InChI=1S/C13H17FN2O4/c1-20-11-3-2-9(8-10(11)14)4-6-15-13(19)16-7-5-12(17)18/h2-3,8H,4-7H2,1H3,(H,17,18)(H2,15,16,19). The van der Waals surface area contributed by atoms with Crippen molar-refractivity contribution in [2.75, 3.05) is 20.2 Å². The molecular formula is C13H17FN2O4. The smallest absolute Gasteiger partial charge is 0.314 e. The molecule has 0 saturated heterocycles. The first-order chi connectivity index (χ1) is 9.52. The lowest BCUT2D eigenvalue weighted by Gasteiger charge is -2.08.